The minimum atomic E-state index is -0.558. The summed E-state index contributed by atoms with van der Waals surface area (Å²) in [5, 5.41) is 5.63. The molecule has 0 saturated heterocycles. The molecule has 0 saturated carbocycles. The molecule has 0 atom stereocenters. The Morgan fingerprint density at radius 1 is 1.00 bits per heavy atom. The van der Waals surface area contributed by atoms with Crippen LogP contribution in [0, 0.1) is 0 Å². The molecule has 3 rings (SSSR count). The van der Waals surface area contributed by atoms with Crippen LogP contribution in [-0.2, 0) is 4.74 Å². The van der Waals surface area contributed by atoms with E-state index in [4.69, 9.17) is 4.74 Å². The molecule has 0 aliphatic rings. The molecular formula is C21H19N3O4S. The van der Waals surface area contributed by atoms with Crippen LogP contribution in [0.5, 0.6) is 0 Å². The van der Waals surface area contributed by atoms with Gasteiger partial charge in [0, 0.05) is 23.7 Å². The largest absolute Gasteiger partial charge is 0.450 e. The lowest BCUT2D eigenvalue weighted by Gasteiger charge is -2.06. The maximum atomic E-state index is 12.5. The Labute approximate surface area is 171 Å². The maximum absolute atomic E-state index is 12.5. The van der Waals surface area contributed by atoms with Gasteiger partial charge in [0.1, 0.15) is 0 Å². The van der Waals surface area contributed by atoms with Crippen LogP contribution in [-0.4, -0.2) is 29.4 Å². The van der Waals surface area contributed by atoms with E-state index in [-0.39, 0.29) is 18.3 Å². The quantitative estimate of drug-likeness (QED) is 0.568. The Kier molecular flexibility index (Phi) is 6.36. The van der Waals surface area contributed by atoms with Gasteiger partial charge in [0.25, 0.3) is 5.91 Å². The first-order chi connectivity index (χ1) is 14.0. The zero-order chi connectivity index (χ0) is 20.8. The van der Waals surface area contributed by atoms with Gasteiger partial charge in [-0.25, -0.2) is 9.78 Å². The van der Waals surface area contributed by atoms with Crippen molar-refractivity contribution in [2.45, 2.75) is 13.8 Å². The number of carbonyl (C=O) groups is 3. The Morgan fingerprint density at radius 3 is 2.31 bits per heavy atom. The molecule has 0 aliphatic carbocycles. The molecule has 1 aromatic heterocycles. The number of ether oxygens (including phenoxy) is 1. The molecule has 3 aromatic rings. The molecule has 0 unspecified atom stereocenters. The van der Waals surface area contributed by atoms with E-state index < -0.39 is 6.09 Å². The number of Topliss-reactive ketones (excluding diaryl/α,β-unsaturated/α-hetero) is 1. The Balaban J connectivity index is 1.75. The fourth-order valence-electron chi connectivity index (χ4n) is 2.56. The highest BCUT2D eigenvalue weighted by atomic mass is 32.1. The van der Waals surface area contributed by atoms with Crippen molar-refractivity contribution in [3.8, 4) is 11.3 Å². The summed E-state index contributed by atoms with van der Waals surface area (Å²) in [4.78, 5) is 40.9. The maximum Gasteiger partial charge on any atom is 0.411 e. The molecule has 2 N–H and O–H groups in total. The normalized spacial score (nSPS) is 10.3. The van der Waals surface area contributed by atoms with E-state index in [9.17, 15) is 14.4 Å². The lowest BCUT2D eigenvalue weighted by molar-refractivity contribution is 0.101. The van der Waals surface area contributed by atoms with Gasteiger partial charge in [-0.2, -0.15) is 0 Å². The number of hydrogen-bond acceptors (Lipinski definition) is 6. The van der Waals surface area contributed by atoms with Crippen LogP contribution in [0.1, 0.15) is 33.9 Å². The number of benzene rings is 2. The van der Waals surface area contributed by atoms with Gasteiger partial charge in [0.05, 0.1) is 17.2 Å². The van der Waals surface area contributed by atoms with Crippen LogP contribution in [0.3, 0.4) is 0 Å². The number of nitrogens with one attached hydrogen (secondary N) is 2. The molecule has 0 fully saturated rings. The Morgan fingerprint density at radius 2 is 1.69 bits per heavy atom. The van der Waals surface area contributed by atoms with Crippen LogP contribution in [0.25, 0.3) is 11.3 Å². The van der Waals surface area contributed by atoms with E-state index >= 15 is 0 Å². The van der Waals surface area contributed by atoms with Crippen LogP contribution in [0.2, 0.25) is 0 Å². The summed E-state index contributed by atoms with van der Waals surface area (Å²) in [6.07, 6.45) is -0.558. The standard InChI is InChI=1S/C21H19N3O4S/c1-3-28-21(27)22-16-11-9-15(10-12-16)19(26)24-20-23-17(18(29-20)13(2)25)14-7-5-4-6-8-14/h4-12H,3H2,1-2H3,(H,22,27)(H,23,24,26). The predicted octanol–water partition coefficient (Wildman–Crippen LogP) is 4.83. The fraction of sp³-hybridized carbons (Fsp3) is 0.143. The molecular weight excluding hydrogens is 390 g/mol. The number of thiazole rings is 1. The summed E-state index contributed by atoms with van der Waals surface area (Å²) in [5.74, 6) is -0.479. The number of amides is 2. The minimum Gasteiger partial charge on any atom is -0.450 e. The third-order valence-corrected chi connectivity index (χ3v) is 4.96. The third-order valence-electron chi connectivity index (χ3n) is 3.88. The SMILES string of the molecule is CCOC(=O)Nc1ccc(C(=O)Nc2nc(-c3ccccc3)c(C(C)=O)s2)cc1. The average Bonchev–Trinajstić information content (AvgIpc) is 3.13. The molecule has 0 spiro atoms. The van der Waals surface area contributed by atoms with Gasteiger partial charge in [-0.3, -0.25) is 20.2 Å². The predicted molar refractivity (Wildman–Crippen MR) is 113 cm³/mol. The molecule has 7 nitrogen and oxygen atoms in total. The molecule has 1 heterocycles. The van der Waals surface area contributed by atoms with Crippen LogP contribution in [0.4, 0.5) is 15.6 Å². The highest BCUT2D eigenvalue weighted by Gasteiger charge is 2.18. The number of anilines is 2. The van der Waals surface area contributed by atoms with E-state index in [2.05, 4.69) is 15.6 Å². The van der Waals surface area contributed by atoms with E-state index in [1.165, 1.54) is 6.92 Å². The highest BCUT2D eigenvalue weighted by Crippen LogP contribution is 2.31. The Bertz CT molecular complexity index is 1030. The second-order valence-corrected chi connectivity index (χ2v) is 6.99. The van der Waals surface area contributed by atoms with Gasteiger partial charge < -0.3 is 4.74 Å². The van der Waals surface area contributed by atoms with Gasteiger partial charge in [-0.15, -0.1) is 0 Å². The van der Waals surface area contributed by atoms with Crippen molar-refractivity contribution in [1.82, 2.24) is 4.98 Å². The molecule has 0 bridgehead atoms. The monoisotopic (exact) mass is 409 g/mol. The van der Waals surface area contributed by atoms with Crippen LogP contribution < -0.4 is 10.6 Å². The van der Waals surface area contributed by atoms with Gasteiger partial charge in [-0.05, 0) is 31.2 Å². The molecule has 29 heavy (non-hydrogen) atoms. The summed E-state index contributed by atoms with van der Waals surface area (Å²) in [7, 11) is 0. The zero-order valence-corrected chi connectivity index (χ0v) is 16.7. The molecule has 2 aromatic carbocycles. The van der Waals surface area contributed by atoms with Crippen molar-refractivity contribution >= 4 is 39.9 Å². The van der Waals surface area contributed by atoms with Crippen molar-refractivity contribution in [3.05, 3.63) is 65.0 Å². The van der Waals surface area contributed by atoms with Crippen molar-refractivity contribution in [3.63, 3.8) is 0 Å². The molecule has 2 amide bonds. The third kappa shape index (κ3) is 5.05. The number of nitrogens with zero attached hydrogens (tertiary/aromatic N) is 1. The molecule has 148 valence electrons. The van der Waals surface area contributed by atoms with Gasteiger partial charge in [0.2, 0.25) is 0 Å². The van der Waals surface area contributed by atoms with Crippen molar-refractivity contribution < 1.29 is 19.1 Å². The zero-order valence-electron chi connectivity index (χ0n) is 15.9. The molecule has 8 heteroatoms. The lowest BCUT2D eigenvalue weighted by atomic mass is 10.1. The molecule has 0 radical (unpaired) electrons. The van der Waals surface area contributed by atoms with Crippen molar-refractivity contribution in [1.29, 1.82) is 0 Å². The van der Waals surface area contributed by atoms with Crippen molar-refractivity contribution in [2.75, 3.05) is 17.2 Å². The fourth-order valence-corrected chi connectivity index (χ4v) is 3.44. The van der Waals surface area contributed by atoms with Gasteiger partial charge in [-0.1, -0.05) is 41.7 Å². The first-order valence-corrected chi connectivity index (χ1v) is 9.72. The highest BCUT2D eigenvalue weighted by molar-refractivity contribution is 7.18. The minimum absolute atomic E-state index is 0.115. The van der Waals surface area contributed by atoms with E-state index in [1.54, 1.807) is 31.2 Å². The number of aromatic nitrogens is 1. The van der Waals surface area contributed by atoms with E-state index in [1.807, 2.05) is 30.3 Å². The van der Waals surface area contributed by atoms with Gasteiger partial charge in [0.15, 0.2) is 10.9 Å². The first-order valence-electron chi connectivity index (χ1n) is 8.90. The smallest absolute Gasteiger partial charge is 0.411 e. The number of rotatable bonds is 6. The summed E-state index contributed by atoms with van der Waals surface area (Å²) < 4.78 is 4.81. The second kappa shape index (κ2) is 9.11. The topological polar surface area (TPSA) is 97.4 Å². The number of carbonyl (C=O) groups excluding carboxylic acids is 3. The summed E-state index contributed by atoms with van der Waals surface area (Å²) in [6.45, 7) is 3.46. The van der Waals surface area contributed by atoms with Gasteiger partial charge >= 0.3 is 6.09 Å². The number of hydrogen-bond donors (Lipinski definition) is 2. The Hall–Kier alpha value is -3.52. The lowest BCUT2D eigenvalue weighted by Crippen LogP contribution is -2.14. The van der Waals surface area contributed by atoms with Crippen LogP contribution >= 0.6 is 11.3 Å². The van der Waals surface area contributed by atoms with E-state index in [0.717, 1.165) is 16.9 Å². The van der Waals surface area contributed by atoms with E-state index in [0.29, 0.717) is 27.0 Å². The van der Waals surface area contributed by atoms with Crippen LogP contribution in [0.15, 0.2) is 54.6 Å². The summed E-state index contributed by atoms with van der Waals surface area (Å²) >= 11 is 1.14. The van der Waals surface area contributed by atoms with Crippen molar-refractivity contribution in [2.24, 2.45) is 0 Å². The summed E-state index contributed by atoms with van der Waals surface area (Å²) in [6, 6.07) is 15.7. The summed E-state index contributed by atoms with van der Waals surface area (Å²) in [5.41, 5.74) is 2.26. The average molecular weight is 409 g/mol. The first kappa shape index (κ1) is 20.2. The second-order valence-electron chi connectivity index (χ2n) is 6.00. The number of ketones is 1. The molecule has 0 aliphatic heterocycles.